The molecule has 0 spiro atoms. The molecule has 3 aromatic heterocycles. The van der Waals surface area contributed by atoms with Crippen LogP contribution >= 0.6 is 11.9 Å². The van der Waals surface area contributed by atoms with E-state index >= 15 is 0 Å². The monoisotopic (exact) mass is 456 g/mol. The van der Waals surface area contributed by atoms with Gasteiger partial charge in [-0.05, 0) is 104 Å². The first-order chi connectivity index (χ1) is 16.3. The Morgan fingerprint density at radius 2 is 1.76 bits per heavy atom. The van der Waals surface area contributed by atoms with E-state index in [0.29, 0.717) is 5.82 Å². The van der Waals surface area contributed by atoms with Crippen molar-refractivity contribution in [1.82, 2.24) is 24.6 Å². The van der Waals surface area contributed by atoms with Gasteiger partial charge >= 0.3 is 0 Å². The SMILES string of the molecule is Nc1ncc(-c2ccc3nccc(-c4ccncc4)c3c2)cc1SNCCCN1CCCC1. The Morgan fingerprint density at radius 1 is 0.909 bits per heavy atom. The maximum absolute atomic E-state index is 6.18. The fourth-order valence-electron chi connectivity index (χ4n) is 4.31. The number of likely N-dealkylation sites (tertiary alicyclic amines) is 1. The fourth-order valence-corrected chi connectivity index (χ4v) is 5.06. The van der Waals surface area contributed by atoms with Crippen LogP contribution in [0.15, 0.2) is 72.1 Å². The second kappa shape index (κ2) is 10.3. The van der Waals surface area contributed by atoms with Crippen molar-refractivity contribution < 1.29 is 0 Å². The van der Waals surface area contributed by atoms with Gasteiger partial charge in [0.25, 0.3) is 0 Å². The second-order valence-corrected chi connectivity index (χ2v) is 9.27. The predicted molar refractivity (Wildman–Crippen MR) is 137 cm³/mol. The molecule has 0 saturated carbocycles. The Bertz CT molecular complexity index is 1220. The molecule has 0 amide bonds. The van der Waals surface area contributed by atoms with E-state index in [2.05, 4.69) is 54.9 Å². The summed E-state index contributed by atoms with van der Waals surface area (Å²) in [6.07, 6.45) is 11.1. The zero-order valence-corrected chi connectivity index (χ0v) is 19.4. The smallest absolute Gasteiger partial charge is 0.138 e. The van der Waals surface area contributed by atoms with Crippen LogP contribution in [0, 0.1) is 0 Å². The van der Waals surface area contributed by atoms with Gasteiger partial charge in [0.15, 0.2) is 0 Å². The Labute approximate surface area is 198 Å². The molecule has 0 bridgehead atoms. The number of hydrogen-bond acceptors (Lipinski definition) is 7. The second-order valence-electron chi connectivity index (χ2n) is 8.33. The van der Waals surface area contributed by atoms with E-state index in [1.165, 1.54) is 25.9 Å². The van der Waals surface area contributed by atoms with Crippen LogP contribution in [0.4, 0.5) is 5.82 Å². The number of nitrogens with one attached hydrogen (secondary N) is 1. The summed E-state index contributed by atoms with van der Waals surface area (Å²) in [5, 5.41) is 1.10. The first kappa shape index (κ1) is 21.8. The highest BCUT2D eigenvalue weighted by atomic mass is 32.2. The summed E-state index contributed by atoms with van der Waals surface area (Å²) in [6.45, 7) is 4.60. The average Bonchev–Trinajstić information content (AvgIpc) is 3.38. The van der Waals surface area contributed by atoms with E-state index in [1.807, 2.05) is 36.9 Å². The molecular formula is C26H28N6S. The number of anilines is 1. The average molecular weight is 457 g/mol. The number of hydrogen-bond donors (Lipinski definition) is 2. The summed E-state index contributed by atoms with van der Waals surface area (Å²) in [5.41, 5.74) is 11.5. The molecule has 7 heteroatoms. The van der Waals surface area contributed by atoms with Crippen molar-refractivity contribution in [2.24, 2.45) is 0 Å². The van der Waals surface area contributed by atoms with Crippen LogP contribution in [0.5, 0.6) is 0 Å². The molecule has 1 fully saturated rings. The third-order valence-corrected chi connectivity index (χ3v) is 6.98. The van der Waals surface area contributed by atoms with Gasteiger partial charge in [-0.1, -0.05) is 6.07 Å². The van der Waals surface area contributed by atoms with E-state index in [1.54, 1.807) is 11.9 Å². The number of nitrogens with two attached hydrogens (primary N) is 1. The molecule has 4 heterocycles. The predicted octanol–water partition coefficient (Wildman–Crippen LogP) is 5.02. The molecule has 4 aromatic rings. The molecule has 0 aliphatic carbocycles. The number of rotatable bonds is 8. The standard InChI is InChI=1S/C26H28N6S/c27-26-25(33-31-9-3-15-32-13-1-2-14-32)17-21(18-30-26)20-4-5-24-23(16-20)22(8-12-29-24)19-6-10-28-11-7-19/h4-8,10-12,16-18,31H,1-3,9,13-15H2,(H2,27,30). The van der Waals surface area contributed by atoms with Crippen LogP contribution in [0.3, 0.4) is 0 Å². The molecule has 6 nitrogen and oxygen atoms in total. The van der Waals surface area contributed by atoms with Crippen molar-refractivity contribution in [1.29, 1.82) is 0 Å². The number of benzene rings is 1. The van der Waals surface area contributed by atoms with Crippen molar-refractivity contribution in [2.45, 2.75) is 24.2 Å². The minimum Gasteiger partial charge on any atom is -0.383 e. The van der Waals surface area contributed by atoms with Gasteiger partial charge in [0, 0.05) is 42.3 Å². The van der Waals surface area contributed by atoms with Gasteiger partial charge in [-0.3, -0.25) is 14.7 Å². The summed E-state index contributed by atoms with van der Waals surface area (Å²) in [4.78, 5) is 16.7. The van der Waals surface area contributed by atoms with Crippen molar-refractivity contribution in [3.05, 3.63) is 67.3 Å². The van der Waals surface area contributed by atoms with Gasteiger partial charge in [-0.15, -0.1) is 0 Å². The highest BCUT2D eigenvalue weighted by Gasteiger charge is 2.11. The maximum Gasteiger partial charge on any atom is 0.138 e. The Kier molecular flexibility index (Phi) is 6.81. The van der Waals surface area contributed by atoms with Gasteiger partial charge in [-0.2, -0.15) is 0 Å². The van der Waals surface area contributed by atoms with Crippen molar-refractivity contribution in [3.63, 3.8) is 0 Å². The van der Waals surface area contributed by atoms with Crippen molar-refractivity contribution >= 4 is 28.7 Å². The number of aromatic nitrogens is 3. The lowest BCUT2D eigenvalue weighted by Crippen LogP contribution is -2.23. The van der Waals surface area contributed by atoms with Gasteiger partial charge < -0.3 is 10.6 Å². The van der Waals surface area contributed by atoms with Crippen LogP contribution in [-0.4, -0.2) is 46.0 Å². The third-order valence-electron chi connectivity index (χ3n) is 6.08. The van der Waals surface area contributed by atoms with Crippen LogP contribution in [-0.2, 0) is 0 Å². The minimum absolute atomic E-state index is 0.552. The summed E-state index contributed by atoms with van der Waals surface area (Å²) in [7, 11) is 0. The molecule has 168 valence electrons. The van der Waals surface area contributed by atoms with E-state index < -0.39 is 0 Å². The van der Waals surface area contributed by atoms with Gasteiger partial charge in [-0.25, -0.2) is 4.98 Å². The van der Waals surface area contributed by atoms with Crippen LogP contribution in [0.2, 0.25) is 0 Å². The quantitative estimate of drug-likeness (QED) is 0.284. The molecule has 1 aliphatic rings. The lowest BCUT2D eigenvalue weighted by atomic mass is 9.98. The summed E-state index contributed by atoms with van der Waals surface area (Å²) >= 11 is 1.57. The highest BCUT2D eigenvalue weighted by Crippen LogP contribution is 2.32. The third kappa shape index (κ3) is 5.16. The summed E-state index contributed by atoms with van der Waals surface area (Å²) < 4.78 is 3.46. The fraction of sp³-hybridized carbons (Fsp3) is 0.269. The molecule has 0 radical (unpaired) electrons. The number of pyridine rings is 3. The lowest BCUT2D eigenvalue weighted by molar-refractivity contribution is 0.335. The summed E-state index contributed by atoms with van der Waals surface area (Å²) in [5.74, 6) is 0.552. The van der Waals surface area contributed by atoms with Crippen LogP contribution in [0.1, 0.15) is 19.3 Å². The molecule has 5 rings (SSSR count). The molecule has 0 unspecified atom stereocenters. The first-order valence-corrected chi connectivity index (χ1v) is 12.3. The van der Waals surface area contributed by atoms with Gasteiger partial charge in [0.05, 0.1) is 10.4 Å². The van der Waals surface area contributed by atoms with E-state index in [0.717, 1.165) is 57.6 Å². The molecule has 33 heavy (non-hydrogen) atoms. The molecule has 3 N–H and O–H groups in total. The van der Waals surface area contributed by atoms with Crippen LogP contribution < -0.4 is 10.5 Å². The van der Waals surface area contributed by atoms with E-state index in [-0.39, 0.29) is 0 Å². The van der Waals surface area contributed by atoms with Crippen molar-refractivity contribution in [2.75, 3.05) is 31.9 Å². The minimum atomic E-state index is 0.552. The van der Waals surface area contributed by atoms with Crippen LogP contribution in [0.25, 0.3) is 33.2 Å². The molecule has 1 aliphatic heterocycles. The Hall–Kier alpha value is -3.00. The molecular weight excluding hydrogens is 428 g/mol. The molecule has 0 atom stereocenters. The largest absolute Gasteiger partial charge is 0.383 e. The molecule has 1 aromatic carbocycles. The number of nitrogens with zero attached hydrogens (tertiary/aromatic N) is 4. The number of fused-ring (bicyclic) bond motifs is 1. The van der Waals surface area contributed by atoms with Crippen molar-refractivity contribution in [3.8, 4) is 22.3 Å². The number of nitrogen functional groups attached to an aromatic ring is 1. The topological polar surface area (TPSA) is 80.0 Å². The zero-order chi connectivity index (χ0) is 22.5. The Balaban J connectivity index is 1.34. The Morgan fingerprint density at radius 3 is 2.61 bits per heavy atom. The maximum atomic E-state index is 6.18. The zero-order valence-electron chi connectivity index (χ0n) is 18.6. The normalized spacial score (nSPS) is 14.2. The first-order valence-electron chi connectivity index (χ1n) is 11.4. The highest BCUT2D eigenvalue weighted by molar-refractivity contribution is 7.97. The van der Waals surface area contributed by atoms with E-state index in [4.69, 9.17) is 5.73 Å². The van der Waals surface area contributed by atoms with Gasteiger partial charge in [0.2, 0.25) is 0 Å². The summed E-state index contributed by atoms with van der Waals surface area (Å²) in [6, 6.07) is 14.6. The lowest BCUT2D eigenvalue weighted by Gasteiger charge is -2.14. The molecule has 1 saturated heterocycles. The van der Waals surface area contributed by atoms with Gasteiger partial charge in [0.1, 0.15) is 5.82 Å². The van der Waals surface area contributed by atoms with E-state index in [9.17, 15) is 0 Å².